The third-order valence-electron chi connectivity index (χ3n) is 4.97. The van der Waals surface area contributed by atoms with Crippen LogP contribution in [0.25, 0.3) is 17.0 Å². The number of ether oxygens (including phenoxy) is 2. The minimum absolute atomic E-state index is 0.312. The highest BCUT2D eigenvalue weighted by atomic mass is 16.5. The maximum absolute atomic E-state index is 9.38. The molecule has 0 aliphatic carbocycles. The highest BCUT2D eigenvalue weighted by molar-refractivity contribution is 6.58. The van der Waals surface area contributed by atoms with E-state index in [0.717, 1.165) is 22.2 Å². The topological polar surface area (TPSA) is 127 Å². The number of imidazole rings is 1. The molecule has 0 atom stereocenters. The Balaban J connectivity index is 1.69. The van der Waals surface area contributed by atoms with Gasteiger partial charge in [-0.1, -0.05) is 36.4 Å². The standard InChI is InChI=1S/C21H23BN6O4/c1-13-19(23-11-14-6-4-8-16(10-14)22(29)30)25-20(27-26-13)28-17-9-5-7-15(12-31-2)18(17)24-21(28)32-3/h4-10,29-30H,11-12H2,1-3H3,(H,23,25,27). The molecule has 4 aromatic rings. The second kappa shape index (κ2) is 9.31. The molecule has 0 unspecified atom stereocenters. The van der Waals surface area contributed by atoms with Crippen molar-refractivity contribution in [3.8, 4) is 12.0 Å². The Morgan fingerprint density at radius 3 is 2.62 bits per heavy atom. The smallest absolute Gasteiger partial charge is 0.468 e. The van der Waals surface area contributed by atoms with Crippen molar-refractivity contribution in [2.24, 2.45) is 0 Å². The van der Waals surface area contributed by atoms with Crippen LogP contribution in [0.2, 0.25) is 0 Å². The molecule has 0 aliphatic heterocycles. The quantitative estimate of drug-likeness (QED) is 0.348. The van der Waals surface area contributed by atoms with Gasteiger partial charge in [-0.05, 0) is 24.0 Å². The number of nitrogens with one attached hydrogen (secondary N) is 1. The van der Waals surface area contributed by atoms with E-state index in [4.69, 9.17) is 9.47 Å². The summed E-state index contributed by atoms with van der Waals surface area (Å²) in [5, 5.41) is 30.5. The second-order valence-electron chi connectivity index (χ2n) is 7.17. The Hall–Kier alpha value is -3.54. The van der Waals surface area contributed by atoms with E-state index in [2.05, 4.69) is 25.5 Å². The molecule has 2 aromatic carbocycles. The number of fused-ring (bicyclic) bond motifs is 1. The fraction of sp³-hybridized carbons (Fsp3) is 0.238. The van der Waals surface area contributed by atoms with Gasteiger partial charge in [0.15, 0.2) is 5.82 Å². The van der Waals surface area contributed by atoms with Crippen LogP contribution in [0.1, 0.15) is 16.8 Å². The summed E-state index contributed by atoms with van der Waals surface area (Å²) in [6.45, 7) is 2.64. The molecule has 32 heavy (non-hydrogen) atoms. The number of rotatable bonds is 8. The molecule has 2 heterocycles. The van der Waals surface area contributed by atoms with Crippen LogP contribution in [0.3, 0.4) is 0 Å². The number of methoxy groups -OCH3 is 2. The lowest BCUT2D eigenvalue weighted by Gasteiger charge is -2.11. The molecule has 0 bridgehead atoms. The minimum Gasteiger partial charge on any atom is -0.468 e. The predicted molar refractivity (Wildman–Crippen MR) is 120 cm³/mol. The molecule has 2 aromatic heterocycles. The lowest BCUT2D eigenvalue weighted by Crippen LogP contribution is -2.30. The average molecular weight is 434 g/mol. The van der Waals surface area contributed by atoms with Crippen LogP contribution < -0.4 is 15.5 Å². The zero-order chi connectivity index (χ0) is 22.7. The van der Waals surface area contributed by atoms with Crippen LogP contribution in [0.15, 0.2) is 42.5 Å². The van der Waals surface area contributed by atoms with Gasteiger partial charge in [0.05, 0.1) is 24.8 Å². The van der Waals surface area contributed by atoms with E-state index in [1.807, 2.05) is 24.3 Å². The SMILES string of the molecule is COCc1cccc2c1nc(OC)n2-c1nnc(C)c(NCc2cccc(B(O)O)c2)n1. The summed E-state index contributed by atoms with van der Waals surface area (Å²) in [4.78, 5) is 9.23. The molecule has 0 saturated heterocycles. The summed E-state index contributed by atoms with van der Waals surface area (Å²) in [6.07, 6.45) is 0. The summed E-state index contributed by atoms with van der Waals surface area (Å²) in [7, 11) is 1.65. The first kappa shape index (κ1) is 21.7. The van der Waals surface area contributed by atoms with Crippen molar-refractivity contribution < 1.29 is 19.5 Å². The highest BCUT2D eigenvalue weighted by Crippen LogP contribution is 2.27. The lowest BCUT2D eigenvalue weighted by atomic mass is 9.80. The Morgan fingerprint density at radius 1 is 1.06 bits per heavy atom. The highest BCUT2D eigenvalue weighted by Gasteiger charge is 2.19. The van der Waals surface area contributed by atoms with Crippen LogP contribution in [0.4, 0.5) is 5.82 Å². The number of hydrogen-bond acceptors (Lipinski definition) is 9. The van der Waals surface area contributed by atoms with Gasteiger partial charge in [0.2, 0.25) is 0 Å². The van der Waals surface area contributed by atoms with E-state index < -0.39 is 7.12 Å². The predicted octanol–water partition coefficient (Wildman–Crippen LogP) is 0.966. The third-order valence-corrected chi connectivity index (χ3v) is 4.97. The van der Waals surface area contributed by atoms with Crippen LogP contribution in [-0.2, 0) is 17.9 Å². The average Bonchev–Trinajstić information content (AvgIpc) is 3.18. The summed E-state index contributed by atoms with van der Waals surface area (Å²) in [5.74, 6) is 0.855. The first-order chi connectivity index (χ1) is 15.5. The van der Waals surface area contributed by atoms with Gasteiger partial charge in [-0.2, -0.15) is 9.97 Å². The molecule has 11 heteroatoms. The maximum Gasteiger partial charge on any atom is 0.488 e. The molecule has 0 radical (unpaired) electrons. The van der Waals surface area contributed by atoms with Gasteiger partial charge in [0.25, 0.3) is 5.95 Å². The van der Waals surface area contributed by atoms with E-state index in [1.165, 1.54) is 7.11 Å². The molecule has 3 N–H and O–H groups in total. The van der Waals surface area contributed by atoms with E-state index >= 15 is 0 Å². The Bertz CT molecular complexity index is 1250. The second-order valence-corrected chi connectivity index (χ2v) is 7.17. The van der Waals surface area contributed by atoms with Crippen molar-refractivity contribution in [1.29, 1.82) is 0 Å². The zero-order valence-electron chi connectivity index (χ0n) is 18.0. The number of nitrogens with zero attached hydrogens (tertiary/aromatic N) is 5. The molecule has 164 valence electrons. The lowest BCUT2D eigenvalue weighted by molar-refractivity contribution is 0.186. The molecule has 0 saturated carbocycles. The molecule has 0 amide bonds. The zero-order valence-corrected chi connectivity index (χ0v) is 18.0. The number of benzene rings is 2. The van der Waals surface area contributed by atoms with Gasteiger partial charge in [-0.15, -0.1) is 10.2 Å². The fourth-order valence-electron chi connectivity index (χ4n) is 3.42. The maximum atomic E-state index is 9.38. The van der Waals surface area contributed by atoms with Gasteiger partial charge in [-0.3, -0.25) is 0 Å². The monoisotopic (exact) mass is 434 g/mol. The Kier molecular flexibility index (Phi) is 6.31. The number of anilines is 1. The molecule has 10 nitrogen and oxygen atoms in total. The van der Waals surface area contributed by atoms with Crippen LogP contribution in [0, 0.1) is 6.92 Å². The number of hydrogen-bond donors (Lipinski definition) is 3. The largest absolute Gasteiger partial charge is 0.488 e. The first-order valence-electron chi connectivity index (χ1n) is 9.95. The van der Waals surface area contributed by atoms with Crippen LogP contribution in [-0.4, -0.2) is 56.1 Å². The van der Waals surface area contributed by atoms with Gasteiger partial charge < -0.3 is 24.8 Å². The normalized spacial score (nSPS) is 11.0. The van der Waals surface area contributed by atoms with E-state index in [1.54, 1.807) is 36.8 Å². The Morgan fingerprint density at radius 2 is 1.88 bits per heavy atom. The summed E-state index contributed by atoms with van der Waals surface area (Å²) < 4.78 is 12.5. The third kappa shape index (κ3) is 4.26. The fourth-order valence-corrected chi connectivity index (χ4v) is 3.42. The number of aromatic nitrogens is 5. The van der Waals surface area contributed by atoms with Crippen molar-refractivity contribution in [2.45, 2.75) is 20.1 Å². The van der Waals surface area contributed by atoms with E-state index in [-0.39, 0.29) is 0 Å². The van der Waals surface area contributed by atoms with Crippen molar-refractivity contribution in [3.05, 3.63) is 59.3 Å². The molecule has 0 spiro atoms. The molecule has 0 aliphatic rings. The summed E-state index contributed by atoms with van der Waals surface area (Å²) >= 11 is 0. The number of para-hydroxylation sites is 1. The van der Waals surface area contributed by atoms with Crippen LogP contribution in [0.5, 0.6) is 6.01 Å². The summed E-state index contributed by atoms with van der Waals surface area (Å²) in [6, 6.07) is 13.1. The Labute approximate surface area is 185 Å². The van der Waals surface area contributed by atoms with Crippen molar-refractivity contribution >= 4 is 29.4 Å². The van der Waals surface area contributed by atoms with Gasteiger partial charge >= 0.3 is 13.1 Å². The van der Waals surface area contributed by atoms with Crippen molar-refractivity contribution in [3.63, 3.8) is 0 Å². The summed E-state index contributed by atoms with van der Waals surface area (Å²) in [5.41, 5.74) is 4.35. The molecule has 4 rings (SSSR count). The van der Waals surface area contributed by atoms with E-state index in [0.29, 0.717) is 42.1 Å². The molecular formula is C21H23BN6O4. The van der Waals surface area contributed by atoms with Crippen molar-refractivity contribution in [1.82, 2.24) is 24.7 Å². The molecular weight excluding hydrogens is 411 g/mol. The van der Waals surface area contributed by atoms with Gasteiger partial charge in [-0.25, -0.2) is 4.57 Å². The van der Waals surface area contributed by atoms with Gasteiger partial charge in [0, 0.05) is 19.2 Å². The number of aryl methyl sites for hydroxylation is 1. The minimum atomic E-state index is -1.52. The van der Waals surface area contributed by atoms with E-state index in [9.17, 15) is 10.0 Å². The van der Waals surface area contributed by atoms with Crippen molar-refractivity contribution in [2.75, 3.05) is 19.5 Å². The molecule has 0 fully saturated rings. The van der Waals surface area contributed by atoms with Crippen LogP contribution >= 0.6 is 0 Å². The van der Waals surface area contributed by atoms with Gasteiger partial charge in [0.1, 0.15) is 5.69 Å². The first-order valence-corrected chi connectivity index (χ1v) is 9.95.